The third kappa shape index (κ3) is 5.78. The van der Waals surface area contributed by atoms with Gasteiger partial charge in [0.1, 0.15) is 11.2 Å². The second-order valence-electron chi connectivity index (χ2n) is 7.93. The van der Waals surface area contributed by atoms with Crippen LogP contribution in [0, 0.1) is 11.6 Å². The largest absolute Gasteiger partial charge is 0.489 e. The van der Waals surface area contributed by atoms with Crippen molar-refractivity contribution < 1.29 is 32.6 Å². The molecule has 2 aromatic carbocycles. The van der Waals surface area contributed by atoms with Gasteiger partial charge in [-0.2, -0.15) is 0 Å². The van der Waals surface area contributed by atoms with Crippen molar-refractivity contribution in [2.75, 3.05) is 19.8 Å². The molecule has 190 valence electrons. The first-order chi connectivity index (χ1) is 17.2. The van der Waals surface area contributed by atoms with E-state index in [9.17, 15) is 23.2 Å². The summed E-state index contributed by atoms with van der Waals surface area (Å²) in [6, 6.07) is 6.31. The highest BCUT2D eigenvalue weighted by Gasteiger charge is 2.26. The lowest BCUT2D eigenvalue weighted by Gasteiger charge is -2.27. The molecule has 1 aromatic heterocycles. The molecule has 2 heterocycles. The molecule has 2 amide bonds. The van der Waals surface area contributed by atoms with Gasteiger partial charge in [0.25, 0.3) is 11.5 Å². The predicted molar refractivity (Wildman–Crippen MR) is 124 cm³/mol. The Kier molecular flexibility index (Phi) is 7.77. The molecule has 0 spiro atoms. The van der Waals surface area contributed by atoms with Crippen molar-refractivity contribution in [2.45, 2.75) is 25.2 Å². The minimum atomic E-state index is -0.817. The van der Waals surface area contributed by atoms with E-state index in [-0.39, 0.29) is 53.9 Å². The monoisotopic (exact) mass is 522 g/mol. The van der Waals surface area contributed by atoms with E-state index in [4.69, 9.17) is 31.5 Å². The summed E-state index contributed by atoms with van der Waals surface area (Å²) >= 11 is 5.74. The molecule has 0 bridgehead atoms. The van der Waals surface area contributed by atoms with Crippen molar-refractivity contribution in [3.63, 3.8) is 0 Å². The molecule has 0 saturated carbocycles. The van der Waals surface area contributed by atoms with E-state index in [2.05, 4.69) is 15.3 Å². The molecule has 13 heteroatoms. The van der Waals surface area contributed by atoms with Gasteiger partial charge in [-0.15, -0.1) is 0 Å². The van der Waals surface area contributed by atoms with Crippen LogP contribution in [0.1, 0.15) is 22.6 Å². The zero-order chi connectivity index (χ0) is 25.8. The van der Waals surface area contributed by atoms with Crippen molar-refractivity contribution in [3.8, 4) is 5.75 Å². The first-order valence-electron chi connectivity index (χ1n) is 10.8. The molecule has 4 rings (SSSR count). The average molecular weight is 523 g/mol. The molecular formula is C23H21ClF2N4O6. The zero-order valence-electron chi connectivity index (χ0n) is 18.7. The second kappa shape index (κ2) is 11.0. The number of nitrogens with one attached hydrogen (secondary N) is 2. The smallest absolute Gasteiger partial charge is 0.287 e. The summed E-state index contributed by atoms with van der Waals surface area (Å²) in [5, 5.41) is 2.30. The number of nitrogens with two attached hydrogens (primary N) is 1. The minimum Gasteiger partial charge on any atom is -0.489 e. The average Bonchev–Trinajstić information content (AvgIpc) is 2.86. The third-order valence-corrected chi connectivity index (χ3v) is 5.69. The van der Waals surface area contributed by atoms with Crippen LogP contribution in [0.25, 0.3) is 10.9 Å². The number of ether oxygens (including phenoxy) is 3. The number of H-pyrrole nitrogens is 1. The molecule has 3 aromatic rings. The topological polar surface area (TPSA) is 146 Å². The number of carbonyl (C=O) groups is 2. The summed E-state index contributed by atoms with van der Waals surface area (Å²) in [6.07, 6.45) is -0.927. The Balaban J connectivity index is 1.43. The lowest BCUT2D eigenvalue weighted by molar-refractivity contribution is -0.159. The van der Waals surface area contributed by atoms with Gasteiger partial charge in [-0.25, -0.2) is 13.8 Å². The highest BCUT2D eigenvalue weighted by molar-refractivity contribution is 6.30. The molecule has 0 radical (unpaired) electrons. The van der Waals surface area contributed by atoms with Gasteiger partial charge in [-0.3, -0.25) is 14.4 Å². The van der Waals surface area contributed by atoms with Crippen LogP contribution >= 0.6 is 11.6 Å². The number of primary amides is 1. The van der Waals surface area contributed by atoms with E-state index in [1.807, 2.05) is 0 Å². The van der Waals surface area contributed by atoms with Crippen LogP contribution in [0.5, 0.6) is 5.75 Å². The van der Waals surface area contributed by atoms with Crippen LogP contribution in [0.15, 0.2) is 35.1 Å². The number of aromatic amines is 1. The van der Waals surface area contributed by atoms with Gasteiger partial charge in [0.15, 0.2) is 23.5 Å². The van der Waals surface area contributed by atoms with Gasteiger partial charge >= 0.3 is 0 Å². The van der Waals surface area contributed by atoms with Crippen LogP contribution in [0.3, 0.4) is 0 Å². The summed E-state index contributed by atoms with van der Waals surface area (Å²) in [5.41, 5.74) is 4.98. The summed E-state index contributed by atoms with van der Waals surface area (Å²) in [6.45, 7) is 0.101. The highest BCUT2D eigenvalue weighted by Crippen LogP contribution is 2.26. The van der Waals surface area contributed by atoms with Crippen molar-refractivity contribution >= 4 is 34.3 Å². The lowest BCUT2D eigenvalue weighted by Crippen LogP contribution is -2.43. The van der Waals surface area contributed by atoms with E-state index in [1.165, 1.54) is 24.3 Å². The Morgan fingerprint density at radius 3 is 2.67 bits per heavy atom. The summed E-state index contributed by atoms with van der Waals surface area (Å²) in [5.74, 6) is -3.31. The van der Waals surface area contributed by atoms with Crippen molar-refractivity contribution in [1.82, 2.24) is 15.3 Å². The van der Waals surface area contributed by atoms with Crippen molar-refractivity contribution in [1.29, 1.82) is 0 Å². The number of halogens is 3. The molecule has 2 atom stereocenters. The zero-order valence-corrected chi connectivity index (χ0v) is 19.4. The number of benzene rings is 2. The summed E-state index contributed by atoms with van der Waals surface area (Å²) in [7, 11) is 0. The van der Waals surface area contributed by atoms with E-state index < -0.39 is 41.2 Å². The van der Waals surface area contributed by atoms with E-state index in [1.54, 1.807) is 0 Å². The molecule has 4 N–H and O–H groups in total. The number of carbonyl (C=O) groups excluding carboxylic acids is 2. The van der Waals surface area contributed by atoms with Crippen molar-refractivity contribution in [2.24, 2.45) is 5.73 Å². The highest BCUT2D eigenvalue weighted by atomic mass is 35.5. The maximum atomic E-state index is 14.5. The first-order valence-corrected chi connectivity index (χ1v) is 11.2. The Morgan fingerprint density at radius 2 is 1.97 bits per heavy atom. The van der Waals surface area contributed by atoms with Crippen LogP contribution in [0.4, 0.5) is 8.78 Å². The summed E-state index contributed by atoms with van der Waals surface area (Å²) in [4.78, 5) is 42.8. The van der Waals surface area contributed by atoms with Gasteiger partial charge in [0.05, 0.1) is 36.5 Å². The van der Waals surface area contributed by atoms with Gasteiger partial charge in [-0.1, -0.05) is 17.7 Å². The number of fused-ring (bicyclic) bond motifs is 1. The lowest BCUT2D eigenvalue weighted by atomic mass is 10.2. The fraction of sp³-hybridized carbons (Fsp3) is 0.304. The van der Waals surface area contributed by atoms with Gasteiger partial charge in [0, 0.05) is 13.0 Å². The number of aromatic nitrogens is 2. The van der Waals surface area contributed by atoms with Gasteiger partial charge in [-0.05, 0) is 29.8 Å². The number of hydrogen-bond donors (Lipinski definition) is 3. The molecule has 0 aliphatic carbocycles. The quantitative estimate of drug-likeness (QED) is 0.409. The Bertz CT molecular complexity index is 1360. The Labute approximate surface area is 207 Å². The molecule has 1 saturated heterocycles. The first kappa shape index (κ1) is 25.5. The minimum absolute atomic E-state index is 0.00522. The number of amides is 2. The molecule has 1 aliphatic rings. The third-order valence-electron chi connectivity index (χ3n) is 5.40. The molecular weight excluding hydrogens is 502 g/mol. The number of rotatable bonds is 8. The molecule has 2 unspecified atom stereocenters. The molecule has 1 aliphatic heterocycles. The van der Waals surface area contributed by atoms with Crippen molar-refractivity contribution in [3.05, 3.63) is 68.7 Å². The number of hydrogen-bond acceptors (Lipinski definition) is 7. The predicted octanol–water partition coefficient (Wildman–Crippen LogP) is 1.82. The fourth-order valence-electron chi connectivity index (χ4n) is 3.51. The van der Waals surface area contributed by atoms with Crippen LogP contribution in [-0.2, 0) is 20.8 Å². The fourth-order valence-corrected chi connectivity index (χ4v) is 3.71. The Morgan fingerprint density at radius 1 is 1.19 bits per heavy atom. The van der Waals surface area contributed by atoms with Crippen LogP contribution in [0.2, 0.25) is 5.02 Å². The molecule has 36 heavy (non-hydrogen) atoms. The van der Waals surface area contributed by atoms with E-state index in [0.29, 0.717) is 12.0 Å². The Hall–Kier alpha value is -3.61. The molecule has 10 nitrogen and oxygen atoms in total. The van der Waals surface area contributed by atoms with E-state index in [0.717, 1.165) is 6.07 Å². The summed E-state index contributed by atoms with van der Waals surface area (Å²) < 4.78 is 44.1. The van der Waals surface area contributed by atoms with Crippen LogP contribution in [-0.4, -0.2) is 53.8 Å². The van der Waals surface area contributed by atoms with Crippen LogP contribution < -0.4 is 21.3 Å². The van der Waals surface area contributed by atoms with E-state index >= 15 is 0 Å². The standard InChI is InChI=1S/C23H21ClF2N4O6/c24-13-7-11(1-2-14(13)25)8-28-23(33)21-29-16-4-3-15(26)19(18(16)22(32)30-21)34-6-5-12-9-36-17(10-35-12)20(27)31/h1-4,7,12,17H,5-6,8-10H2,(H2,27,31)(H,28,33)(H,29,30,32). The molecule has 1 fully saturated rings. The van der Waals surface area contributed by atoms with Gasteiger partial charge < -0.3 is 30.2 Å². The second-order valence-corrected chi connectivity index (χ2v) is 8.34. The SMILES string of the molecule is NC(=O)C1COC(CCOc2c(F)ccc3nc(C(=O)NCc4ccc(F)c(Cl)c4)[nH]c(=O)c23)CO1. The maximum Gasteiger partial charge on any atom is 0.287 e. The normalized spacial score (nSPS) is 17.6. The van der Waals surface area contributed by atoms with Gasteiger partial charge in [0.2, 0.25) is 5.91 Å². The maximum absolute atomic E-state index is 14.5. The number of nitrogens with zero attached hydrogens (tertiary/aromatic N) is 1.